The van der Waals surface area contributed by atoms with Crippen LogP contribution in [0.5, 0.6) is 0 Å². The number of ether oxygens (including phenoxy) is 1. The second-order valence-corrected chi connectivity index (χ2v) is 5.95. The smallest absolute Gasteiger partial charge is 0.338 e. The Morgan fingerprint density at radius 2 is 1.70 bits per heavy atom. The molecule has 0 aliphatic carbocycles. The SMILES string of the molecule is O=C(OCCCc1ccc(C(O)C#Cc2ccccc2)o1)c1ccccc1. The molecule has 27 heavy (non-hydrogen) atoms. The van der Waals surface area contributed by atoms with Crippen LogP contribution in [0.4, 0.5) is 0 Å². The van der Waals surface area contributed by atoms with Crippen molar-refractivity contribution in [1.82, 2.24) is 0 Å². The van der Waals surface area contributed by atoms with Gasteiger partial charge in [-0.2, -0.15) is 0 Å². The highest BCUT2D eigenvalue weighted by Crippen LogP contribution is 2.17. The molecule has 4 nitrogen and oxygen atoms in total. The number of aliphatic hydroxyl groups excluding tert-OH is 1. The molecular formula is C23H20O4. The first-order valence-electron chi connectivity index (χ1n) is 8.78. The van der Waals surface area contributed by atoms with Crippen molar-refractivity contribution in [2.24, 2.45) is 0 Å². The third-order valence-corrected chi connectivity index (χ3v) is 3.89. The van der Waals surface area contributed by atoms with Crippen molar-refractivity contribution in [2.75, 3.05) is 6.61 Å². The number of aryl methyl sites for hydroxylation is 1. The molecule has 0 amide bonds. The van der Waals surface area contributed by atoms with E-state index < -0.39 is 6.10 Å². The molecule has 1 N–H and O–H groups in total. The highest BCUT2D eigenvalue weighted by atomic mass is 16.5. The number of hydrogen-bond acceptors (Lipinski definition) is 4. The Hall–Kier alpha value is -3.29. The van der Waals surface area contributed by atoms with Crippen molar-refractivity contribution < 1.29 is 19.1 Å². The van der Waals surface area contributed by atoms with E-state index in [0.29, 0.717) is 30.8 Å². The van der Waals surface area contributed by atoms with E-state index in [1.54, 1.807) is 30.3 Å². The van der Waals surface area contributed by atoms with E-state index in [-0.39, 0.29) is 5.97 Å². The summed E-state index contributed by atoms with van der Waals surface area (Å²) in [5, 5.41) is 10.1. The molecule has 1 heterocycles. The molecule has 1 unspecified atom stereocenters. The van der Waals surface area contributed by atoms with Crippen LogP contribution in [0, 0.1) is 11.8 Å². The number of benzene rings is 2. The molecule has 0 spiro atoms. The predicted molar refractivity (Wildman–Crippen MR) is 102 cm³/mol. The minimum atomic E-state index is -0.977. The summed E-state index contributed by atoms with van der Waals surface area (Å²) in [6.07, 6.45) is 0.271. The molecule has 136 valence electrons. The first-order chi connectivity index (χ1) is 13.2. The van der Waals surface area contributed by atoms with E-state index in [2.05, 4.69) is 11.8 Å². The molecule has 0 saturated heterocycles. The largest absolute Gasteiger partial charge is 0.462 e. The monoisotopic (exact) mass is 360 g/mol. The molecular weight excluding hydrogens is 340 g/mol. The number of furan rings is 1. The zero-order chi connectivity index (χ0) is 18.9. The summed E-state index contributed by atoms with van der Waals surface area (Å²) in [4.78, 5) is 11.8. The van der Waals surface area contributed by atoms with Gasteiger partial charge in [0.25, 0.3) is 0 Å². The van der Waals surface area contributed by atoms with Crippen LogP contribution in [0.1, 0.15) is 40.0 Å². The minimum absolute atomic E-state index is 0.306. The third kappa shape index (κ3) is 5.60. The Morgan fingerprint density at radius 1 is 1.00 bits per heavy atom. The maximum absolute atomic E-state index is 11.8. The van der Waals surface area contributed by atoms with Gasteiger partial charge in [0.05, 0.1) is 12.2 Å². The maximum Gasteiger partial charge on any atom is 0.338 e. The van der Waals surface area contributed by atoms with E-state index in [0.717, 1.165) is 11.3 Å². The highest BCUT2D eigenvalue weighted by molar-refractivity contribution is 5.89. The van der Waals surface area contributed by atoms with Gasteiger partial charge in [0, 0.05) is 12.0 Å². The van der Waals surface area contributed by atoms with Gasteiger partial charge in [0.15, 0.2) is 6.10 Å². The van der Waals surface area contributed by atoms with Crippen LogP contribution >= 0.6 is 0 Å². The van der Waals surface area contributed by atoms with E-state index in [4.69, 9.17) is 9.15 Å². The van der Waals surface area contributed by atoms with E-state index in [9.17, 15) is 9.90 Å². The molecule has 1 atom stereocenters. The summed E-state index contributed by atoms with van der Waals surface area (Å²) in [5.74, 6) is 6.49. The summed E-state index contributed by atoms with van der Waals surface area (Å²) in [6, 6.07) is 21.9. The van der Waals surface area contributed by atoms with Gasteiger partial charge in [-0.25, -0.2) is 4.79 Å². The summed E-state index contributed by atoms with van der Waals surface area (Å²) in [5.41, 5.74) is 1.38. The summed E-state index contributed by atoms with van der Waals surface area (Å²) >= 11 is 0. The second kappa shape index (κ2) is 9.42. The fourth-order valence-corrected chi connectivity index (χ4v) is 2.49. The molecule has 3 rings (SSSR count). The van der Waals surface area contributed by atoms with Crippen molar-refractivity contribution in [3.8, 4) is 11.8 Å². The third-order valence-electron chi connectivity index (χ3n) is 3.89. The summed E-state index contributed by atoms with van der Waals surface area (Å²) in [6.45, 7) is 0.306. The normalized spacial score (nSPS) is 11.3. The maximum atomic E-state index is 11.8. The quantitative estimate of drug-likeness (QED) is 0.407. The van der Waals surface area contributed by atoms with Crippen molar-refractivity contribution in [3.05, 3.63) is 95.4 Å². The minimum Gasteiger partial charge on any atom is -0.462 e. The Bertz CT molecular complexity index is 917. The molecule has 0 bridgehead atoms. The fraction of sp³-hybridized carbons (Fsp3) is 0.174. The number of carbonyl (C=O) groups excluding carboxylic acids is 1. The predicted octanol–water partition coefficient (Wildman–Crippen LogP) is 4.15. The topological polar surface area (TPSA) is 59.7 Å². The molecule has 2 aromatic carbocycles. The molecule has 4 heteroatoms. The molecule has 3 aromatic rings. The number of hydrogen-bond donors (Lipinski definition) is 1. The van der Waals surface area contributed by atoms with Gasteiger partial charge in [-0.3, -0.25) is 0 Å². The molecule has 0 radical (unpaired) electrons. The highest BCUT2D eigenvalue weighted by Gasteiger charge is 2.10. The zero-order valence-electron chi connectivity index (χ0n) is 14.8. The van der Waals surface area contributed by atoms with Gasteiger partial charge >= 0.3 is 5.97 Å². The lowest BCUT2D eigenvalue weighted by molar-refractivity contribution is 0.0499. The fourth-order valence-electron chi connectivity index (χ4n) is 2.49. The van der Waals surface area contributed by atoms with E-state index in [1.165, 1.54) is 0 Å². The Kier molecular flexibility index (Phi) is 6.45. The molecule has 0 aliphatic rings. The molecule has 1 aromatic heterocycles. The standard InChI is InChI=1S/C23H20O4/c24-21(15-13-18-8-3-1-4-9-18)22-16-14-20(27-22)12-7-17-26-23(25)19-10-5-2-6-11-19/h1-6,8-11,14,16,21,24H,7,12,17H2. The Labute approximate surface area is 158 Å². The van der Waals surface area contributed by atoms with Crippen LogP contribution < -0.4 is 0 Å². The van der Waals surface area contributed by atoms with Gasteiger partial charge in [0.1, 0.15) is 11.5 Å². The van der Waals surface area contributed by atoms with Gasteiger partial charge in [0.2, 0.25) is 0 Å². The Balaban J connectivity index is 1.45. The first-order valence-corrected chi connectivity index (χ1v) is 8.78. The van der Waals surface area contributed by atoms with Crippen molar-refractivity contribution in [1.29, 1.82) is 0 Å². The Morgan fingerprint density at radius 3 is 2.44 bits per heavy atom. The van der Waals surface area contributed by atoms with Gasteiger partial charge in [-0.15, -0.1) is 0 Å². The van der Waals surface area contributed by atoms with Gasteiger partial charge < -0.3 is 14.3 Å². The lowest BCUT2D eigenvalue weighted by atomic mass is 10.2. The average molecular weight is 360 g/mol. The van der Waals surface area contributed by atoms with Crippen LogP contribution in [0.2, 0.25) is 0 Å². The molecule has 0 fully saturated rings. The van der Waals surface area contributed by atoms with Crippen molar-refractivity contribution >= 4 is 5.97 Å². The van der Waals surface area contributed by atoms with Crippen LogP contribution in [0.25, 0.3) is 0 Å². The van der Waals surface area contributed by atoms with Crippen molar-refractivity contribution in [2.45, 2.75) is 18.9 Å². The number of aliphatic hydroxyl groups is 1. The second-order valence-electron chi connectivity index (χ2n) is 5.95. The number of rotatable bonds is 6. The molecule has 0 saturated carbocycles. The van der Waals surface area contributed by atoms with Crippen LogP contribution in [-0.2, 0) is 11.2 Å². The van der Waals surface area contributed by atoms with Crippen LogP contribution in [-0.4, -0.2) is 17.7 Å². The number of esters is 1. The zero-order valence-corrected chi connectivity index (χ0v) is 14.8. The van der Waals surface area contributed by atoms with E-state index in [1.807, 2.05) is 42.5 Å². The van der Waals surface area contributed by atoms with Gasteiger partial charge in [-0.1, -0.05) is 48.2 Å². The van der Waals surface area contributed by atoms with Crippen molar-refractivity contribution in [3.63, 3.8) is 0 Å². The molecule has 0 aliphatic heterocycles. The average Bonchev–Trinajstić information content (AvgIpc) is 3.20. The lowest BCUT2D eigenvalue weighted by Gasteiger charge is -2.04. The van der Waals surface area contributed by atoms with Gasteiger partial charge in [-0.05, 0) is 42.8 Å². The van der Waals surface area contributed by atoms with Crippen LogP contribution in [0.15, 0.2) is 77.2 Å². The van der Waals surface area contributed by atoms with Crippen LogP contribution in [0.3, 0.4) is 0 Å². The summed E-state index contributed by atoms with van der Waals surface area (Å²) in [7, 11) is 0. The summed E-state index contributed by atoms with van der Waals surface area (Å²) < 4.78 is 10.9. The lowest BCUT2D eigenvalue weighted by Crippen LogP contribution is -2.06. The van der Waals surface area contributed by atoms with E-state index >= 15 is 0 Å². The first kappa shape index (κ1) is 18.5. The number of carbonyl (C=O) groups is 1.